The molecule has 0 aliphatic carbocycles. The van der Waals surface area contributed by atoms with Gasteiger partial charge in [-0.05, 0) is 36.8 Å². The van der Waals surface area contributed by atoms with Crippen molar-refractivity contribution in [2.45, 2.75) is 13.0 Å². The normalized spacial score (nSPS) is 13.8. The molecule has 2 aromatic rings. The van der Waals surface area contributed by atoms with Gasteiger partial charge < -0.3 is 24.6 Å². The van der Waals surface area contributed by atoms with Crippen molar-refractivity contribution in [3.05, 3.63) is 42.0 Å². The second-order valence-electron chi connectivity index (χ2n) is 4.87. The van der Waals surface area contributed by atoms with Crippen LogP contribution in [0.1, 0.15) is 18.5 Å². The Labute approximate surface area is 123 Å². The van der Waals surface area contributed by atoms with Crippen molar-refractivity contribution in [2.24, 2.45) is 0 Å². The number of hydrogen-bond acceptors (Lipinski definition) is 5. The molecule has 3 rings (SSSR count). The van der Waals surface area contributed by atoms with E-state index >= 15 is 0 Å². The first-order valence-electron chi connectivity index (χ1n) is 6.70. The maximum Gasteiger partial charge on any atom is 0.231 e. The largest absolute Gasteiger partial charge is 0.504 e. The molecule has 0 saturated heterocycles. The number of phenols is 1. The summed E-state index contributed by atoms with van der Waals surface area (Å²) in [7, 11) is 1.53. The first kappa shape index (κ1) is 13.4. The molecule has 1 atom stereocenters. The molecule has 0 bridgehead atoms. The molecule has 1 unspecified atom stereocenters. The van der Waals surface area contributed by atoms with E-state index in [1.807, 2.05) is 31.2 Å². The summed E-state index contributed by atoms with van der Waals surface area (Å²) in [5.41, 5.74) is 1.90. The number of phenolic OH excluding ortho intramolecular Hbond substituents is 1. The number of aromatic hydroxyl groups is 1. The van der Waals surface area contributed by atoms with E-state index in [0.29, 0.717) is 5.75 Å². The molecule has 1 aliphatic heterocycles. The van der Waals surface area contributed by atoms with E-state index in [1.165, 1.54) is 7.11 Å². The molecule has 0 fully saturated rings. The molecule has 1 heterocycles. The van der Waals surface area contributed by atoms with E-state index in [2.05, 4.69) is 5.32 Å². The summed E-state index contributed by atoms with van der Waals surface area (Å²) in [5, 5.41) is 13.1. The Balaban J connectivity index is 1.76. The summed E-state index contributed by atoms with van der Waals surface area (Å²) in [6.07, 6.45) is 0. The molecule has 21 heavy (non-hydrogen) atoms. The van der Waals surface area contributed by atoms with Gasteiger partial charge in [0.1, 0.15) is 0 Å². The Morgan fingerprint density at radius 2 is 1.95 bits per heavy atom. The average molecular weight is 287 g/mol. The van der Waals surface area contributed by atoms with Gasteiger partial charge in [-0.2, -0.15) is 0 Å². The third-order valence-electron chi connectivity index (χ3n) is 3.46. The van der Waals surface area contributed by atoms with Gasteiger partial charge in [-0.15, -0.1) is 0 Å². The molecule has 0 saturated carbocycles. The minimum absolute atomic E-state index is 0.0623. The Kier molecular flexibility index (Phi) is 3.48. The summed E-state index contributed by atoms with van der Waals surface area (Å²) in [5.74, 6) is 2.10. The van der Waals surface area contributed by atoms with Crippen LogP contribution in [0.4, 0.5) is 5.69 Å². The number of benzene rings is 2. The van der Waals surface area contributed by atoms with Crippen LogP contribution in [0.5, 0.6) is 23.0 Å². The fourth-order valence-electron chi connectivity index (χ4n) is 2.30. The number of rotatable bonds is 4. The molecule has 2 N–H and O–H groups in total. The minimum Gasteiger partial charge on any atom is -0.504 e. The Morgan fingerprint density at radius 3 is 2.71 bits per heavy atom. The van der Waals surface area contributed by atoms with Gasteiger partial charge in [-0.25, -0.2) is 0 Å². The van der Waals surface area contributed by atoms with E-state index in [1.54, 1.807) is 12.1 Å². The summed E-state index contributed by atoms with van der Waals surface area (Å²) in [6, 6.07) is 11.2. The number of nitrogens with one attached hydrogen (secondary N) is 1. The highest BCUT2D eigenvalue weighted by Crippen LogP contribution is 2.35. The molecular formula is C16H17NO4. The lowest BCUT2D eigenvalue weighted by atomic mass is 10.1. The van der Waals surface area contributed by atoms with Gasteiger partial charge in [0, 0.05) is 17.8 Å². The molecule has 110 valence electrons. The van der Waals surface area contributed by atoms with Crippen molar-refractivity contribution in [3.63, 3.8) is 0 Å². The number of hydrogen-bond donors (Lipinski definition) is 2. The predicted octanol–water partition coefficient (Wildman–Crippen LogP) is 3.30. The average Bonchev–Trinajstić information content (AvgIpc) is 2.94. The second-order valence-corrected chi connectivity index (χ2v) is 4.87. The molecule has 0 amide bonds. The second kappa shape index (κ2) is 5.44. The van der Waals surface area contributed by atoms with Crippen LogP contribution in [-0.2, 0) is 0 Å². The monoisotopic (exact) mass is 287 g/mol. The van der Waals surface area contributed by atoms with Gasteiger partial charge in [-0.1, -0.05) is 6.07 Å². The highest BCUT2D eigenvalue weighted by molar-refractivity contribution is 5.55. The van der Waals surface area contributed by atoms with E-state index in [-0.39, 0.29) is 18.6 Å². The van der Waals surface area contributed by atoms with Gasteiger partial charge in [0.05, 0.1) is 7.11 Å². The van der Waals surface area contributed by atoms with E-state index < -0.39 is 0 Å². The van der Waals surface area contributed by atoms with Crippen LogP contribution in [0.25, 0.3) is 0 Å². The maximum absolute atomic E-state index is 9.80. The van der Waals surface area contributed by atoms with Crippen LogP contribution in [0.2, 0.25) is 0 Å². The van der Waals surface area contributed by atoms with Crippen molar-refractivity contribution in [1.82, 2.24) is 0 Å². The highest BCUT2D eigenvalue weighted by Gasteiger charge is 2.16. The first-order chi connectivity index (χ1) is 10.2. The Morgan fingerprint density at radius 1 is 1.14 bits per heavy atom. The van der Waals surface area contributed by atoms with Crippen molar-refractivity contribution in [1.29, 1.82) is 0 Å². The van der Waals surface area contributed by atoms with Gasteiger partial charge in [0.2, 0.25) is 6.79 Å². The summed E-state index contributed by atoms with van der Waals surface area (Å²) < 4.78 is 15.7. The molecule has 2 aromatic carbocycles. The first-order valence-corrected chi connectivity index (χ1v) is 6.70. The number of anilines is 1. The lowest BCUT2D eigenvalue weighted by Gasteiger charge is -2.17. The van der Waals surface area contributed by atoms with E-state index in [9.17, 15) is 5.11 Å². The van der Waals surface area contributed by atoms with E-state index in [4.69, 9.17) is 14.2 Å². The van der Waals surface area contributed by atoms with Crippen LogP contribution in [0, 0.1) is 0 Å². The number of methoxy groups -OCH3 is 1. The standard InChI is InChI=1S/C16H17NO4/c1-10(11-3-5-15-16(7-11)21-9-20-15)17-12-4-6-14(19-2)13(18)8-12/h3-8,10,17-18H,9H2,1-2H3. The van der Waals surface area contributed by atoms with Gasteiger partial charge in [0.15, 0.2) is 23.0 Å². The number of fused-ring (bicyclic) bond motifs is 1. The maximum atomic E-state index is 9.80. The Hall–Kier alpha value is -2.56. The van der Waals surface area contributed by atoms with Crippen molar-refractivity contribution >= 4 is 5.69 Å². The van der Waals surface area contributed by atoms with Crippen molar-refractivity contribution in [3.8, 4) is 23.0 Å². The van der Waals surface area contributed by atoms with E-state index in [0.717, 1.165) is 22.7 Å². The number of ether oxygens (including phenoxy) is 3. The third-order valence-corrected chi connectivity index (χ3v) is 3.46. The lowest BCUT2D eigenvalue weighted by Crippen LogP contribution is -2.06. The third kappa shape index (κ3) is 2.67. The van der Waals surface area contributed by atoms with Gasteiger partial charge in [0.25, 0.3) is 0 Å². The summed E-state index contributed by atoms with van der Waals surface area (Å²) in [4.78, 5) is 0. The topological polar surface area (TPSA) is 60.0 Å². The van der Waals surface area contributed by atoms with Crippen LogP contribution in [0.15, 0.2) is 36.4 Å². The molecule has 5 heteroatoms. The van der Waals surface area contributed by atoms with Crippen LogP contribution < -0.4 is 19.5 Å². The molecule has 5 nitrogen and oxygen atoms in total. The Bertz CT molecular complexity index is 657. The smallest absolute Gasteiger partial charge is 0.231 e. The SMILES string of the molecule is COc1ccc(NC(C)c2ccc3c(c2)OCO3)cc1O. The summed E-state index contributed by atoms with van der Waals surface area (Å²) in [6.45, 7) is 2.31. The molecule has 0 aromatic heterocycles. The lowest BCUT2D eigenvalue weighted by molar-refractivity contribution is 0.174. The fourth-order valence-corrected chi connectivity index (χ4v) is 2.30. The predicted molar refractivity (Wildman–Crippen MR) is 79.3 cm³/mol. The highest BCUT2D eigenvalue weighted by atomic mass is 16.7. The van der Waals surface area contributed by atoms with Gasteiger partial charge in [-0.3, -0.25) is 0 Å². The van der Waals surface area contributed by atoms with Crippen LogP contribution >= 0.6 is 0 Å². The van der Waals surface area contributed by atoms with Crippen molar-refractivity contribution in [2.75, 3.05) is 19.2 Å². The van der Waals surface area contributed by atoms with Crippen LogP contribution in [-0.4, -0.2) is 19.0 Å². The van der Waals surface area contributed by atoms with Crippen molar-refractivity contribution < 1.29 is 19.3 Å². The molecule has 1 aliphatic rings. The minimum atomic E-state index is 0.0623. The zero-order valence-corrected chi connectivity index (χ0v) is 11.9. The molecule has 0 radical (unpaired) electrons. The zero-order valence-electron chi connectivity index (χ0n) is 11.9. The zero-order chi connectivity index (χ0) is 14.8. The quantitative estimate of drug-likeness (QED) is 0.903. The fraction of sp³-hybridized carbons (Fsp3) is 0.250. The molecule has 0 spiro atoms. The van der Waals surface area contributed by atoms with Gasteiger partial charge >= 0.3 is 0 Å². The molecular weight excluding hydrogens is 270 g/mol. The summed E-state index contributed by atoms with van der Waals surface area (Å²) >= 11 is 0. The van der Waals surface area contributed by atoms with Crippen LogP contribution in [0.3, 0.4) is 0 Å².